The molecule has 1 aliphatic heterocycles. The van der Waals surface area contributed by atoms with E-state index < -0.39 is 0 Å². The van der Waals surface area contributed by atoms with E-state index in [1.165, 1.54) is 11.3 Å². The second-order valence-electron chi connectivity index (χ2n) is 7.46. The average molecular weight is 370 g/mol. The third-order valence-electron chi connectivity index (χ3n) is 5.11. The van der Waals surface area contributed by atoms with Gasteiger partial charge >= 0.3 is 0 Å². The van der Waals surface area contributed by atoms with Gasteiger partial charge in [-0.3, -0.25) is 14.4 Å². The molecule has 2 aromatic rings. The van der Waals surface area contributed by atoms with Crippen LogP contribution in [0.1, 0.15) is 23.4 Å². The van der Waals surface area contributed by atoms with Crippen LogP contribution in [0.2, 0.25) is 0 Å². The molecule has 1 N–H and O–H groups in total. The van der Waals surface area contributed by atoms with E-state index in [1.807, 2.05) is 19.9 Å². The van der Waals surface area contributed by atoms with Crippen LogP contribution in [0, 0.1) is 20.8 Å². The van der Waals surface area contributed by atoms with Crippen molar-refractivity contribution in [1.82, 2.24) is 20.0 Å². The van der Waals surface area contributed by atoms with Crippen molar-refractivity contribution in [2.45, 2.75) is 33.7 Å². The smallest absolute Gasteiger partial charge is 0.241 e. The second kappa shape index (κ2) is 9.04. The number of amides is 1. The van der Waals surface area contributed by atoms with E-state index in [0.717, 1.165) is 57.1 Å². The lowest BCUT2D eigenvalue weighted by atomic mass is 10.2. The Hall–Kier alpha value is -2.34. The number of piperazine rings is 1. The summed E-state index contributed by atoms with van der Waals surface area (Å²) in [5, 5.41) is 7.34. The van der Waals surface area contributed by atoms with Crippen molar-refractivity contribution in [3.63, 3.8) is 0 Å². The fraction of sp³-hybridized carbons (Fsp3) is 0.524. The van der Waals surface area contributed by atoms with Gasteiger partial charge in [0.05, 0.1) is 5.69 Å². The number of benzene rings is 1. The third kappa shape index (κ3) is 5.57. The molecule has 1 aromatic carbocycles. The molecular formula is C21H31N5O. The number of anilines is 1. The van der Waals surface area contributed by atoms with Gasteiger partial charge in [-0.2, -0.15) is 5.10 Å². The zero-order valence-corrected chi connectivity index (χ0v) is 16.7. The monoisotopic (exact) mass is 369 g/mol. The highest BCUT2D eigenvalue weighted by Gasteiger charge is 2.17. The molecule has 0 unspecified atom stereocenters. The topological polar surface area (TPSA) is 53.4 Å². The molecule has 1 aliphatic rings. The summed E-state index contributed by atoms with van der Waals surface area (Å²) in [5.74, 6) is 0.0328. The Morgan fingerprint density at radius 3 is 2.56 bits per heavy atom. The van der Waals surface area contributed by atoms with E-state index in [2.05, 4.69) is 51.4 Å². The summed E-state index contributed by atoms with van der Waals surface area (Å²) in [7, 11) is 0. The lowest BCUT2D eigenvalue weighted by Crippen LogP contribution is -2.47. The number of nitrogens with one attached hydrogen (secondary N) is 1. The molecule has 1 saturated heterocycles. The molecule has 1 aromatic heterocycles. The van der Waals surface area contributed by atoms with E-state index >= 15 is 0 Å². The first kappa shape index (κ1) is 19.4. The minimum atomic E-state index is 0.0328. The molecule has 2 heterocycles. The Kier molecular flexibility index (Phi) is 6.50. The van der Waals surface area contributed by atoms with Crippen LogP contribution >= 0.6 is 0 Å². The van der Waals surface area contributed by atoms with Crippen LogP contribution in [0.5, 0.6) is 0 Å². The molecule has 1 fully saturated rings. The molecule has 1 amide bonds. The first-order valence-electron chi connectivity index (χ1n) is 9.83. The van der Waals surface area contributed by atoms with Gasteiger partial charge in [0.25, 0.3) is 0 Å². The van der Waals surface area contributed by atoms with Gasteiger partial charge in [-0.05, 0) is 57.5 Å². The fourth-order valence-electron chi connectivity index (χ4n) is 3.61. The number of carbonyl (C=O) groups excluding carboxylic acids is 1. The highest BCUT2D eigenvalue weighted by atomic mass is 16.2. The Labute approximate surface area is 162 Å². The zero-order valence-electron chi connectivity index (χ0n) is 16.7. The van der Waals surface area contributed by atoms with Crippen molar-refractivity contribution >= 4 is 11.6 Å². The van der Waals surface area contributed by atoms with Crippen LogP contribution < -0.4 is 10.2 Å². The van der Waals surface area contributed by atoms with Crippen LogP contribution in [0.25, 0.3) is 0 Å². The van der Waals surface area contributed by atoms with Gasteiger partial charge in [0.2, 0.25) is 5.91 Å². The quantitative estimate of drug-likeness (QED) is 0.760. The molecule has 6 nitrogen and oxygen atoms in total. The average Bonchev–Trinajstić information content (AvgIpc) is 2.96. The number of nitrogens with zero attached hydrogens (tertiary/aromatic N) is 4. The summed E-state index contributed by atoms with van der Waals surface area (Å²) in [5.41, 5.74) is 4.61. The van der Waals surface area contributed by atoms with E-state index in [-0.39, 0.29) is 5.91 Å². The van der Waals surface area contributed by atoms with Crippen LogP contribution in [0.15, 0.2) is 30.3 Å². The Bertz CT molecular complexity index is 762. The van der Waals surface area contributed by atoms with Crippen molar-refractivity contribution in [2.24, 2.45) is 0 Å². The summed E-state index contributed by atoms with van der Waals surface area (Å²) >= 11 is 0. The second-order valence-corrected chi connectivity index (χ2v) is 7.46. The van der Waals surface area contributed by atoms with Crippen molar-refractivity contribution < 1.29 is 4.79 Å². The highest BCUT2D eigenvalue weighted by Crippen LogP contribution is 2.17. The number of hydrogen-bond donors (Lipinski definition) is 1. The van der Waals surface area contributed by atoms with Crippen molar-refractivity contribution in [3.05, 3.63) is 47.3 Å². The third-order valence-corrected chi connectivity index (χ3v) is 5.11. The molecule has 0 saturated carbocycles. The number of aryl methyl sites for hydroxylation is 3. The van der Waals surface area contributed by atoms with Crippen molar-refractivity contribution in [2.75, 3.05) is 44.2 Å². The number of rotatable bonds is 7. The van der Waals surface area contributed by atoms with Gasteiger partial charge in [0, 0.05) is 44.1 Å². The van der Waals surface area contributed by atoms with Crippen LogP contribution in [-0.4, -0.2) is 59.9 Å². The number of carbonyl (C=O) groups is 1. The minimum Gasteiger partial charge on any atom is -0.369 e. The first-order valence-corrected chi connectivity index (χ1v) is 9.83. The van der Waals surface area contributed by atoms with Gasteiger partial charge < -0.3 is 10.2 Å². The van der Waals surface area contributed by atoms with Gasteiger partial charge in [-0.15, -0.1) is 0 Å². The standard InChI is InChI=1S/C21H31N5O/c1-17-6-4-7-20(14-17)25-12-10-24(11-13-25)9-5-8-22-21(27)16-26-19(3)15-18(2)23-26/h4,6-7,14-15H,5,8-13,16H2,1-3H3,(H,22,27). The minimum absolute atomic E-state index is 0.0328. The first-order chi connectivity index (χ1) is 13.0. The SMILES string of the molecule is Cc1cccc(N2CCN(CCCNC(=O)Cn3nc(C)cc3C)CC2)c1. The Morgan fingerprint density at radius 1 is 1.11 bits per heavy atom. The number of aromatic nitrogens is 2. The molecule has 6 heteroatoms. The normalized spacial score (nSPS) is 15.1. The maximum absolute atomic E-state index is 12.1. The summed E-state index contributed by atoms with van der Waals surface area (Å²) in [4.78, 5) is 17.0. The van der Waals surface area contributed by atoms with Crippen LogP contribution in [-0.2, 0) is 11.3 Å². The summed E-state index contributed by atoms with van der Waals surface area (Å²) in [6.07, 6.45) is 0.979. The number of hydrogen-bond acceptors (Lipinski definition) is 4. The maximum atomic E-state index is 12.1. The lowest BCUT2D eigenvalue weighted by Gasteiger charge is -2.36. The van der Waals surface area contributed by atoms with Gasteiger partial charge in [-0.25, -0.2) is 0 Å². The molecule has 146 valence electrons. The maximum Gasteiger partial charge on any atom is 0.241 e. The molecule has 0 atom stereocenters. The zero-order chi connectivity index (χ0) is 19.2. The summed E-state index contributed by atoms with van der Waals surface area (Å²) < 4.78 is 1.76. The van der Waals surface area contributed by atoms with E-state index in [1.54, 1.807) is 4.68 Å². The Morgan fingerprint density at radius 2 is 1.89 bits per heavy atom. The highest BCUT2D eigenvalue weighted by molar-refractivity contribution is 5.75. The van der Waals surface area contributed by atoms with E-state index in [9.17, 15) is 4.79 Å². The molecule has 0 radical (unpaired) electrons. The van der Waals surface area contributed by atoms with Crippen LogP contribution in [0.3, 0.4) is 0 Å². The molecule has 0 aliphatic carbocycles. The molecular weight excluding hydrogens is 338 g/mol. The summed E-state index contributed by atoms with van der Waals surface area (Å²) in [6, 6.07) is 10.7. The molecule has 0 bridgehead atoms. The predicted octanol–water partition coefficient (Wildman–Crippen LogP) is 2.14. The fourth-order valence-corrected chi connectivity index (χ4v) is 3.61. The molecule has 27 heavy (non-hydrogen) atoms. The largest absolute Gasteiger partial charge is 0.369 e. The van der Waals surface area contributed by atoms with E-state index in [0.29, 0.717) is 6.54 Å². The van der Waals surface area contributed by atoms with Gasteiger partial charge in [0.15, 0.2) is 0 Å². The van der Waals surface area contributed by atoms with Crippen LogP contribution in [0.4, 0.5) is 5.69 Å². The van der Waals surface area contributed by atoms with E-state index in [4.69, 9.17) is 0 Å². The molecule has 0 spiro atoms. The van der Waals surface area contributed by atoms with Gasteiger partial charge in [0.1, 0.15) is 6.54 Å². The van der Waals surface area contributed by atoms with Crippen molar-refractivity contribution in [1.29, 1.82) is 0 Å². The summed E-state index contributed by atoms with van der Waals surface area (Å²) in [6.45, 7) is 12.4. The van der Waals surface area contributed by atoms with Crippen molar-refractivity contribution in [3.8, 4) is 0 Å². The van der Waals surface area contributed by atoms with Gasteiger partial charge in [-0.1, -0.05) is 12.1 Å². The predicted molar refractivity (Wildman–Crippen MR) is 109 cm³/mol. The Balaban J connectivity index is 1.32. The lowest BCUT2D eigenvalue weighted by molar-refractivity contribution is -0.121. The molecule has 3 rings (SSSR count).